The minimum atomic E-state index is -0.630. The molecule has 3 aromatic heterocycles. The van der Waals surface area contributed by atoms with Crippen molar-refractivity contribution in [2.75, 3.05) is 0 Å². The van der Waals surface area contributed by atoms with E-state index in [9.17, 15) is 5.11 Å². The van der Waals surface area contributed by atoms with Gasteiger partial charge in [-0.2, -0.15) is 10.2 Å². The molecule has 0 aromatic carbocycles. The van der Waals surface area contributed by atoms with Crippen LogP contribution in [0.3, 0.4) is 0 Å². The van der Waals surface area contributed by atoms with E-state index in [-0.39, 0.29) is 0 Å². The molecule has 0 radical (unpaired) electrons. The van der Waals surface area contributed by atoms with Crippen LogP contribution in [0.1, 0.15) is 24.4 Å². The quantitative estimate of drug-likeness (QED) is 0.763. The lowest BCUT2D eigenvalue weighted by molar-refractivity contribution is 0.175. The Hall–Kier alpha value is -2.21. The van der Waals surface area contributed by atoms with Gasteiger partial charge in [-0.05, 0) is 19.1 Å². The average molecular weight is 257 g/mol. The summed E-state index contributed by atoms with van der Waals surface area (Å²) in [4.78, 5) is 4.18. The molecule has 3 rings (SSSR count). The van der Waals surface area contributed by atoms with E-state index in [4.69, 9.17) is 0 Å². The van der Waals surface area contributed by atoms with Gasteiger partial charge in [-0.3, -0.25) is 4.68 Å². The summed E-state index contributed by atoms with van der Waals surface area (Å²) in [5.41, 5.74) is 1.73. The predicted octanol–water partition coefficient (Wildman–Crippen LogP) is 1.22. The highest BCUT2D eigenvalue weighted by Crippen LogP contribution is 2.21. The molecule has 0 aliphatic rings. The second-order valence-electron chi connectivity index (χ2n) is 4.34. The van der Waals surface area contributed by atoms with E-state index < -0.39 is 6.10 Å². The summed E-state index contributed by atoms with van der Waals surface area (Å²) in [5, 5.41) is 18.7. The fourth-order valence-electron chi connectivity index (χ4n) is 2.20. The SMILES string of the molecule is CCn1ncnc1CC(O)c1cnn2ccccc12. The van der Waals surface area contributed by atoms with Crippen molar-refractivity contribution in [1.82, 2.24) is 24.4 Å². The van der Waals surface area contributed by atoms with Gasteiger partial charge in [0.1, 0.15) is 12.2 Å². The van der Waals surface area contributed by atoms with Crippen LogP contribution in [-0.4, -0.2) is 29.5 Å². The van der Waals surface area contributed by atoms with Gasteiger partial charge in [-0.15, -0.1) is 0 Å². The van der Waals surface area contributed by atoms with E-state index in [1.54, 1.807) is 15.4 Å². The zero-order chi connectivity index (χ0) is 13.2. The van der Waals surface area contributed by atoms with Gasteiger partial charge >= 0.3 is 0 Å². The van der Waals surface area contributed by atoms with Crippen molar-refractivity contribution in [2.24, 2.45) is 0 Å². The molecule has 1 unspecified atom stereocenters. The molecular weight excluding hydrogens is 242 g/mol. The molecule has 6 nitrogen and oxygen atoms in total. The molecule has 0 saturated heterocycles. The first-order valence-electron chi connectivity index (χ1n) is 6.26. The van der Waals surface area contributed by atoms with Crippen LogP contribution in [0.4, 0.5) is 0 Å². The molecule has 1 N–H and O–H groups in total. The molecule has 0 bridgehead atoms. The van der Waals surface area contributed by atoms with Crippen LogP contribution in [0.25, 0.3) is 5.52 Å². The van der Waals surface area contributed by atoms with Crippen molar-refractivity contribution < 1.29 is 5.11 Å². The maximum absolute atomic E-state index is 10.4. The van der Waals surface area contributed by atoms with Crippen LogP contribution < -0.4 is 0 Å². The summed E-state index contributed by atoms with van der Waals surface area (Å²) in [6.45, 7) is 2.75. The lowest BCUT2D eigenvalue weighted by Crippen LogP contribution is -2.09. The van der Waals surface area contributed by atoms with Gasteiger partial charge < -0.3 is 5.11 Å². The predicted molar refractivity (Wildman–Crippen MR) is 69.6 cm³/mol. The number of fused-ring (bicyclic) bond motifs is 1. The van der Waals surface area contributed by atoms with Crippen molar-refractivity contribution >= 4 is 5.52 Å². The number of hydrogen-bond acceptors (Lipinski definition) is 4. The fourth-order valence-corrected chi connectivity index (χ4v) is 2.20. The van der Waals surface area contributed by atoms with Gasteiger partial charge in [0.05, 0.1) is 17.8 Å². The van der Waals surface area contributed by atoms with Gasteiger partial charge in [0.15, 0.2) is 0 Å². The third kappa shape index (κ3) is 2.10. The molecule has 6 heteroatoms. The maximum atomic E-state index is 10.4. The van der Waals surface area contributed by atoms with Gasteiger partial charge in [0.25, 0.3) is 0 Å². The van der Waals surface area contributed by atoms with Crippen molar-refractivity contribution in [3.8, 4) is 0 Å². The summed E-state index contributed by atoms with van der Waals surface area (Å²) >= 11 is 0. The average Bonchev–Trinajstić information content (AvgIpc) is 3.04. The highest BCUT2D eigenvalue weighted by atomic mass is 16.3. The molecule has 3 heterocycles. The van der Waals surface area contributed by atoms with Crippen molar-refractivity contribution in [3.05, 3.63) is 48.3 Å². The summed E-state index contributed by atoms with van der Waals surface area (Å²) in [7, 11) is 0. The Bertz CT molecular complexity index is 687. The van der Waals surface area contributed by atoms with Crippen LogP contribution in [0, 0.1) is 0 Å². The summed E-state index contributed by atoms with van der Waals surface area (Å²) in [5.74, 6) is 0.783. The van der Waals surface area contributed by atoms with Gasteiger partial charge in [0.2, 0.25) is 0 Å². The number of aromatic nitrogens is 5. The van der Waals surface area contributed by atoms with E-state index in [0.717, 1.165) is 23.4 Å². The Morgan fingerprint density at radius 3 is 3.05 bits per heavy atom. The Labute approximate surface area is 110 Å². The van der Waals surface area contributed by atoms with E-state index >= 15 is 0 Å². The Morgan fingerprint density at radius 1 is 1.32 bits per heavy atom. The zero-order valence-corrected chi connectivity index (χ0v) is 10.6. The minimum absolute atomic E-state index is 0.435. The van der Waals surface area contributed by atoms with Crippen molar-refractivity contribution in [1.29, 1.82) is 0 Å². The topological polar surface area (TPSA) is 68.2 Å². The highest BCUT2D eigenvalue weighted by molar-refractivity contribution is 5.54. The summed E-state index contributed by atoms with van der Waals surface area (Å²) in [6.07, 6.45) is 4.88. The largest absolute Gasteiger partial charge is 0.388 e. The number of aliphatic hydroxyl groups excluding tert-OH is 1. The van der Waals surface area contributed by atoms with E-state index in [2.05, 4.69) is 15.2 Å². The van der Waals surface area contributed by atoms with Gasteiger partial charge in [0, 0.05) is 24.7 Å². The molecule has 0 aliphatic heterocycles. The number of aryl methyl sites for hydroxylation is 1. The Kier molecular flexibility index (Phi) is 3.00. The van der Waals surface area contributed by atoms with Crippen LogP contribution in [0.2, 0.25) is 0 Å². The first-order chi connectivity index (χ1) is 9.29. The van der Waals surface area contributed by atoms with Crippen LogP contribution in [0.5, 0.6) is 0 Å². The molecule has 19 heavy (non-hydrogen) atoms. The van der Waals surface area contributed by atoms with Gasteiger partial charge in [-0.1, -0.05) is 6.07 Å². The molecular formula is C13H15N5O. The van der Waals surface area contributed by atoms with Crippen molar-refractivity contribution in [3.63, 3.8) is 0 Å². The number of rotatable bonds is 4. The second kappa shape index (κ2) is 4.81. The van der Waals surface area contributed by atoms with Crippen LogP contribution in [-0.2, 0) is 13.0 Å². The Balaban J connectivity index is 1.90. The fraction of sp³-hybridized carbons (Fsp3) is 0.308. The first-order valence-corrected chi connectivity index (χ1v) is 6.26. The zero-order valence-electron chi connectivity index (χ0n) is 10.6. The standard InChI is InChI=1S/C13H15N5O/c1-2-17-13(14-9-16-17)7-12(19)10-8-15-18-6-4-3-5-11(10)18/h3-6,8-9,12,19H,2,7H2,1H3. The third-order valence-electron chi connectivity index (χ3n) is 3.19. The molecule has 1 atom stereocenters. The monoisotopic (exact) mass is 257 g/mol. The molecule has 0 amide bonds. The van der Waals surface area contributed by atoms with E-state index in [1.807, 2.05) is 31.3 Å². The first kappa shape index (κ1) is 11.9. The molecule has 98 valence electrons. The lowest BCUT2D eigenvalue weighted by Gasteiger charge is -2.09. The van der Waals surface area contributed by atoms with Gasteiger partial charge in [-0.25, -0.2) is 9.50 Å². The van der Waals surface area contributed by atoms with Crippen LogP contribution in [0.15, 0.2) is 36.9 Å². The third-order valence-corrected chi connectivity index (χ3v) is 3.19. The van der Waals surface area contributed by atoms with Crippen LogP contribution >= 0.6 is 0 Å². The summed E-state index contributed by atoms with van der Waals surface area (Å²) < 4.78 is 3.54. The summed E-state index contributed by atoms with van der Waals surface area (Å²) in [6, 6.07) is 5.78. The lowest BCUT2D eigenvalue weighted by atomic mass is 10.1. The van der Waals surface area contributed by atoms with E-state index in [0.29, 0.717) is 6.42 Å². The molecule has 0 spiro atoms. The normalized spacial score (nSPS) is 12.9. The highest BCUT2D eigenvalue weighted by Gasteiger charge is 2.16. The number of pyridine rings is 1. The molecule has 3 aromatic rings. The smallest absolute Gasteiger partial charge is 0.138 e. The second-order valence-corrected chi connectivity index (χ2v) is 4.34. The number of aliphatic hydroxyl groups is 1. The Morgan fingerprint density at radius 2 is 2.21 bits per heavy atom. The number of nitrogens with zero attached hydrogens (tertiary/aromatic N) is 5. The molecule has 0 aliphatic carbocycles. The van der Waals surface area contributed by atoms with E-state index in [1.165, 1.54) is 6.33 Å². The minimum Gasteiger partial charge on any atom is -0.388 e. The maximum Gasteiger partial charge on any atom is 0.138 e. The molecule has 0 saturated carbocycles. The van der Waals surface area contributed by atoms with Crippen molar-refractivity contribution in [2.45, 2.75) is 26.0 Å². The number of hydrogen-bond donors (Lipinski definition) is 1. The molecule has 0 fully saturated rings.